The third-order valence-corrected chi connectivity index (χ3v) is 1.33. The van der Waals surface area contributed by atoms with E-state index in [1.807, 2.05) is 6.07 Å². The Morgan fingerprint density at radius 3 is 3.18 bits per heavy atom. The molecule has 0 saturated heterocycles. The topological polar surface area (TPSA) is 68.0 Å². The van der Waals surface area contributed by atoms with Gasteiger partial charge in [-0.25, -0.2) is 0 Å². The summed E-state index contributed by atoms with van der Waals surface area (Å²) < 4.78 is 1.37. The van der Waals surface area contributed by atoms with E-state index in [4.69, 9.17) is 0 Å². The lowest BCUT2D eigenvalue weighted by atomic mass is 10.5. The molecule has 2 rings (SSSR count). The Kier molecular flexibility index (Phi) is 1.18. The molecule has 0 aliphatic heterocycles. The van der Waals surface area contributed by atoms with Gasteiger partial charge in [0.15, 0.2) is 5.65 Å². The van der Waals surface area contributed by atoms with Crippen molar-refractivity contribution in [1.82, 2.24) is 25.3 Å². The summed E-state index contributed by atoms with van der Waals surface area (Å²) in [6.07, 6.45) is 0. The SMILES string of the molecule is CNc1ccc2nnnn2n1. The van der Waals surface area contributed by atoms with Crippen LogP contribution in [0.1, 0.15) is 0 Å². The Morgan fingerprint density at radius 2 is 2.36 bits per heavy atom. The van der Waals surface area contributed by atoms with Gasteiger partial charge in [0.05, 0.1) is 0 Å². The summed E-state index contributed by atoms with van der Waals surface area (Å²) >= 11 is 0. The number of rotatable bonds is 1. The summed E-state index contributed by atoms with van der Waals surface area (Å²) in [6.45, 7) is 0. The second-order valence-corrected chi connectivity index (χ2v) is 2.00. The van der Waals surface area contributed by atoms with E-state index in [1.165, 1.54) is 4.63 Å². The molecule has 0 amide bonds. The van der Waals surface area contributed by atoms with E-state index in [9.17, 15) is 0 Å². The first-order valence-corrected chi connectivity index (χ1v) is 3.13. The second-order valence-electron chi connectivity index (χ2n) is 2.00. The number of hydrogen-bond acceptors (Lipinski definition) is 5. The average molecular weight is 150 g/mol. The fraction of sp³-hybridized carbons (Fsp3) is 0.200. The number of tetrazole rings is 1. The van der Waals surface area contributed by atoms with E-state index in [1.54, 1.807) is 13.1 Å². The van der Waals surface area contributed by atoms with Crippen molar-refractivity contribution in [2.45, 2.75) is 0 Å². The van der Waals surface area contributed by atoms with Crippen LogP contribution < -0.4 is 5.32 Å². The maximum absolute atomic E-state index is 4.02. The Morgan fingerprint density at radius 1 is 1.45 bits per heavy atom. The standard InChI is InChI=1S/C5H6N6/c1-6-4-2-3-5-7-9-10-11(5)8-4/h2-3H,1H3,(H,6,8). The zero-order chi connectivity index (χ0) is 7.68. The first kappa shape index (κ1) is 6.02. The van der Waals surface area contributed by atoms with Crippen LogP contribution in [-0.4, -0.2) is 32.3 Å². The van der Waals surface area contributed by atoms with Gasteiger partial charge in [-0.05, 0) is 22.6 Å². The second kappa shape index (κ2) is 2.15. The quantitative estimate of drug-likeness (QED) is 0.597. The minimum absolute atomic E-state index is 0.643. The van der Waals surface area contributed by atoms with Gasteiger partial charge in [0.1, 0.15) is 5.82 Å². The van der Waals surface area contributed by atoms with Crippen LogP contribution in [0.15, 0.2) is 12.1 Å². The van der Waals surface area contributed by atoms with Crippen molar-refractivity contribution in [1.29, 1.82) is 0 Å². The molecule has 0 bridgehead atoms. The molecule has 0 unspecified atom stereocenters. The fourth-order valence-corrected chi connectivity index (χ4v) is 0.783. The molecule has 0 aliphatic carbocycles. The van der Waals surface area contributed by atoms with Crippen LogP contribution in [0.4, 0.5) is 5.82 Å². The van der Waals surface area contributed by atoms with Crippen molar-refractivity contribution in [2.24, 2.45) is 0 Å². The van der Waals surface area contributed by atoms with Gasteiger partial charge in [-0.15, -0.1) is 14.8 Å². The van der Waals surface area contributed by atoms with Crippen LogP contribution in [0, 0.1) is 0 Å². The van der Waals surface area contributed by atoms with Crippen LogP contribution in [0.3, 0.4) is 0 Å². The van der Waals surface area contributed by atoms with Gasteiger partial charge in [0.2, 0.25) is 0 Å². The molecule has 0 aromatic carbocycles. The van der Waals surface area contributed by atoms with E-state index in [2.05, 4.69) is 25.9 Å². The number of nitrogens with one attached hydrogen (secondary N) is 1. The highest BCUT2D eigenvalue weighted by molar-refractivity contribution is 5.41. The molecule has 0 radical (unpaired) electrons. The summed E-state index contributed by atoms with van der Waals surface area (Å²) in [5, 5.41) is 17.7. The van der Waals surface area contributed by atoms with Gasteiger partial charge >= 0.3 is 0 Å². The smallest absolute Gasteiger partial charge is 0.200 e. The molecule has 0 atom stereocenters. The molecule has 11 heavy (non-hydrogen) atoms. The van der Waals surface area contributed by atoms with Crippen LogP contribution in [-0.2, 0) is 0 Å². The van der Waals surface area contributed by atoms with E-state index < -0.39 is 0 Å². The monoisotopic (exact) mass is 150 g/mol. The van der Waals surface area contributed by atoms with Crippen molar-refractivity contribution >= 4 is 11.5 Å². The van der Waals surface area contributed by atoms with Crippen molar-refractivity contribution < 1.29 is 0 Å². The summed E-state index contributed by atoms with van der Waals surface area (Å²) in [6, 6.07) is 3.60. The van der Waals surface area contributed by atoms with Crippen molar-refractivity contribution in [2.75, 3.05) is 12.4 Å². The predicted octanol–water partition coefficient (Wildman–Crippen LogP) is -0.439. The molecule has 1 N–H and O–H groups in total. The molecular weight excluding hydrogens is 144 g/mol. The number of nitrogens with zero attached hydrogens (tertiary/aromatic N) is 5. The van der Waals surface area contributed by atoms with Gasteiger partial charge in [-0.3, -0.25) is 0 Å². The maximum atomic E-state index is 4.02. The van der Waals surface area contributed by atoms with Crippen LogP contribution in [0.25, 0.3) is 5.65 Å². The largest absolute Gasteiger partial charge is 0.372 e. The molecule has 0 saturated carbocycles. The number of anilines is 1. The van der Waals surface area contributed by atoms with Gasteiger partial charge in [-0.1, -0.05) is 0 Å². The number of fused-ring (bicyclic) bond motifs is 1. The molecular formula is C5H6N6. The van der Waals surface area contributed by atoms with Crippen LogP contribution in [0.2, 0.25) is 0 Å². The van der Waals surface area contributed by atoms with E-state index in [0.29, 0.717) is 5.65 Å². The lowest BCUT2D eigenvalue weighted by Crippen LogP contribution is -1.99. The van der Waals surface area contributed by atoms with Crippen molar-refractivity contribution in [3.8, 4) is 0 Å². The van der Waals surface area contributed by atoms with E-state index in [-0.39, 0.29) is 0 Å². The number of aromatic nitrogens is 5. The fourth-order valence-electron chi connectivity index (χ4n) is 0.783. The zero-order valence-electron chi connectivity index (χ0n) is 5.89. The van der Waals surface area contributed by atoms with Crippen molar-refractivity contribution in [3.05, 3.63) is 12.1 Å². The average Bonchev–Trinajstić information content (AvgIpc) is 2.50. The maximum Gasteiger partial charge on any atom is 0.200 e. The third-order valence-electron chi connectivity index (χ3n) is 1.33. The highest BCUT2D eigenvalue weighted by atomic mass is 15.6. The molecule has 56 valence electrons. The first-order valence-electron chi connectivity index (χ1n) is 3.13. The normalized spacial score (nSPS) is 10.3. The van der Waals surface area contributed by atoms with E-state index in [0.717, 1.165) is 5.82 Å². The van der Waals surface area contributed by atoms with Crippen LogP contribution >= 0.6 is 0 Å². The highest BCUT2D eigenvalue weighted by Crippen LogP contribution is 2.00. The lowest BCUT2D eigenvalue weighted by Gasteiger charge is -1.95. The first-order chi connectivity index (χ1) is 5.40. The predicted molar refractivity (Wildman–Crippen MR) is 38.1 cm³/mol. The third kappa shape index (κ3) is 0.878. The Hall–Kier alpha value is -1.72. The molecule has 6 nitrogen and oxygen atoms in total. The Labute approximate surface area is 62.2 Å². The summed E-state index contributed by atoms with van der Waals surface area (Å²) in [5.41, 5.74) is 0.643. The minimum Gasteiger partial charge on any atom is -0.372 e. The highest BCUT2D eigenvalue weighted by Gasteiger charge is 1.96. The molecule has 0 fully saturated rings. The minimum atomic E-state index is 0.643. The number of hydrogen-bond donors (Lipinski definition) is 1. The van der Waals surface area contributed by atoms with Gasteiger partial charge in [0.25, 0.3) is 0 Å². The van der Waals surface area contributed by atoms with Gasteiger partial charge in [0, 0.05) is 7.05 Å². The van der Waals surface area contributed by atoms with Crippen molar-refractivity contribution in [3.63, 3.8) is 0 Å². The van der Waals surface area contributed by atoms with Gasteiger partial charge in [-0.2, -0.15) is 0 Å². The van der Waals surface area contributed by atoms with Crippen LogP contribution in [0.5, 0.6) is 0 Å². The molecule has 0 aliphatic rings. The summed E-state index contributed by atoms with van der Waals surface area (Å²) in [5.74, 6) is 0.741. The molecule has 6 heteroatoms. The molecule has 2 aromatic heterocycles. The summed E-state index contributed by atoms with van der Waals surface area (Å²) in [4.78, 5) is 0. The summed E-state index contributed by atoms with van der Waals surface area (Å²) in [7, 11) is 1.79. The van der Waals surface area contributed by atoms with Gasteiger partial charge < -0.3 is 5.32 Å². The molecule has 0 spiro atoms. The zero-order valence-corrected chi connectivity index (χ0v) is 5.89. The molecule has 2 heterocycles. The Bertz CT molecular complexity index is 366. The Balaban J connectivity index is 2.67. The molecule has 2 aromatic rings. The lowest BCUT2D eigenvalue weighted by molar-refractivity contribution is 0.736. The van der Waals surface area contributed by atoms with E-state index >= 15 is 0 Å².